The molecule has 220 valence electrons. The van der Waals surface area contributed by atoms with Crippen molar-refractivity contribution in [2.75, 3.05) is 18.5 Å². The van der Waals surface area contributed by atoms with Crippen LogP contribution in [0.5, 0.6) is 0 Å². The number of nitrogens with one attached hydrogen (secondary N) is 1. The lowest BCUT2D eigenvalue weighted by atomic mass is 10.0. The molecule has 1 aromatic heterocycles. The van der Waals surface area contributed by atoms with Gasteiger partial charge in [0, 0.05) is 54.6 Å². The van der Waals surface area contributed by atoms with E-state index in [0.717, 1.165) is 66.9 Å². The lowest BCUT2D eigenvalue weighted by Gasteiger charge is -2.09. The first-order valence-electron chi connectivity index (χ1n) is 14.8. The number of ketones is 1. The predicted octanol–water partition coefficient (Wildman–Crippen LogP) is 6.81. The van der Waals surface area contributed by atoms with Gasteiger partial charge >= 0.3 is 11.9 Å². The summed E-state index contributed by atoms with van der Waals surface area (Å²) in [6, 6.07) is 19.3. The van der Waals surface area contributed by atoms with E-state index in [1.165, 1.54) is 0 Å². The van der Waals surface area contributed by atoms with Crippen molar-refractivity contribution in [1.29, 1.82) is 0 Å². The van der Waals surface area contributed by atoms with Gasteiger partial charge in [0.1, 0.15) is 6.61 Å². The third-order valence-electron chi connectivity index (χ3n) is 7.16. The Morgan fingerprint density at radius 1 is 0.805 bits per heavy atom. The van der Waals surface area contributed by atoms with Crippen LogP contribution in [0.3, 0.4) is 0 Å². The second-order valence-corrected chi connectivity index (χ2v) is 10.2. The first-order valence-corrected chi connectivity index (χ1v) is 14.8. The average molecular weight is 561 g/mol. The number of esters is 2. The second kappa shape index (κ2) is 17.1. The van der Waals surface area contributed by atoms with Gasteiger partial charge in [-0.1, -0.05) is 62.2 Å². The fraction of sp³-hybridized carbons (Fsp3) is 0.441. The van der Waals surface area contributed by atoms with Gasteiger partial charge in [0.05, 0.1) is 6.61 Å². The molecule has 0 radical (unpaired) electrons. The van der Waals surface area contributed by atoms with E-state index in [9.17, 15) is 14.4 Å². The predicted molar refractivity (Wildman–Crippen MR) is 162 cm³/mol. The molecule has 0 spiro atoms. The van der Waals surface area contributed by atoms with E-state index >= 15 is 0 Å². The van der Waals surface area contributed by atoms with Gasteiger partial charge in [-0.15, -0.1) is 0 Å². The number of hydrogen-bond acceptors (Lipinski definition) is 6. The third kappa shape index (κ3) is 10.2. The van der Waals surface area contributed by atoms with Crippen LogP contribution in [0.15, 0.2) is 60.7 Å². The van der Waals surface area contributed by atoms with Crippen LogP contribution in [-0.2, 0) is 45.6 Å². The quantitative estimate of drug-likeness (QED) is 0.104. The standard InChI is InChI=1S/C34H44N2O5/c1-4-31-30(24-29(36(31)3)19-14-21-32(37)40-5-2)34(39)27-17-13-18-28(23-27)35-22-12-7-6-11-20-33(38)41-25-26-15-9-8-10-16-26/h8-10,13,15-18,23-24,35H,4-7,11-12,14,19-22,25H2,1-3H3. The first kappa shape index (κ1) is 31.7. The number of hydrogen-bond donors (Lipinski definition) is 1. The molecule has 0 unspecified atom stereocenters. The van der Waals surface area contributed by atoms with E-state index in [1.807, 2.05) is 74.6 Å². The topological polar surface area (TPSA) is 86.6 Å². The lowest BCUT2D eigenvalue weighted by Crippen LogP contribution is -2.08. The SMILES string of the molecule is CCOC(=O)CCCc1cc(C(=O)c2cccc(NCCCCCCC(=O)OCc3ccccc3)c2)c(CC)n1C. The summed E-state index contributed by atoms with van der Waals surface area (Å²) in [7, 11) is 1.99. The minimum atomic E-state index is -0.183. The Balaban J connectivity index is 1.42. The van der Waals surface area contributed by atoms with E-state index in [4.69, 9.17) is 9.47 Å². The molecular formula is C34H44N2O5. The zero-order valence-electron chi connectivity index (χ0n) is 24.7. The number of aryl methyl sites for hydroxylation is 1. The number of unbranched alkanes of at least 4 members (excludes halogenated alkanes) is 3. The molecule has 0 amide bonds. The molecule has 1 heterocycles. The molecule has 0 aliphatic heterocycles. The summed E-state index contributed by atoms with van der Waals surface area (Å²) in [5.74, 6) is -0.323. The van der Waals surface area contributed by atoms with E-state index in [1.54, 1.807) is 0 Å². The van der Waals surface area contributed by atoms with Crippen LogP contribution >= 0.6 is 0 Å². The van der Waals surface area contributed by atoms with Gasteiger partial charge < -0.3 is 19.4 Å². The number of anilines is 1. The largest absolute Gasteiger partial charge is 0.466 e. The Labute approximate surface area is 244 Å². The maximum Gasteiger partial charge on any atom is 0.306 e. The highest BCUT2D eigenvalue weighted by Gasteiger charge is 2.19. The summed E-state index contributed by atoms with van der Waals surface area (Å²) in [6.45, 7) is 5.38. The van der Waals surface area contributed by atoms with Crippen LogP contribution in [0.2, 0.25) is 0 Å². The van der Waals surface area contributed by atoms with Crippen LogP contribution in [0, 0.1) is 0 Å². The molecule has 3 aromatic rings. The molecule has 0 aliphatic rings. The van der Waals surface area contributed by atoms with Gasteiger partial charge in [-0.05, 0) is 62.8 Å². The van der Waals surface area contributed by atoms with Crippen LogP contribution in [0.4, 0.5) is 5.69 Å². The molecule has 0 fully saturated rings. The van der Waals surface area contributed by atoms with Gasteiger partial charge in [0.2, 0.25) is 0 Å². The molecule has 1 N–H and O–H groups in total. The van der Waals surface area contributed by atoms with E-state index in [0.29, 0.717) is 44.5 Å². The summed E-state index contributed by atoms with van der Waals surface area (Å²) in [5.41, 5.74) is 5.35. The molecule has 0 saturated heterocycles. The lowest BCUT2D eigenvalue weighted by molar-refractivity contribution is -0.145. The number of carbonyl (C=O) groups is 3. The molecule has 7 heteroatoms. The molecule has 41 heavy (non-hydrogen) atoms. The Hall–Kier alpha value is -3.87. The van der Waals surface area contributed by atoms with Crippen molar-refractivity contribution in [2.45, 2.75) is 78.2 Å². The number of ether oxygens (including phenoxy) is 2. The molecule has 0 bridgehead atoms. The maximum atomic E-state index is 13.5. The zero-order valence-corrected chi connectivity index (χ0v) is 24.7. The highest BCUT2D eigenvalue weighted by molar-refractivity contribution is 6.10. The Kier molecular flexibility index (Phi) is 13.2. The molecule has 7 nitrogen and oxygen atoms in total. The summed E-state index contributed by atoms with van der Waals surface area (Å²) in [5, 5.41) is 3.43. The summed E-state index contributed by atoms with van der Waals surface area (Å²) >= 11 is 0. The minimum absolute atomic E-state index is 0.0110. The summed E-state index contributed by atoms with van der Waals surface area (Å²) in [4.78, 5) is 37.1. The summed E-state index contributed by atoms with van der Waals surface area (Å²) in [6.07, 6.45) is 6.74. The highest BCUT2D eigenvalue weighted by Crippen LogP contribution is 2.23. The monoisotopic (exact) mass is 560 g/mol. The van der Waals surface area contributed by atoms with Gasteiger partial charge in [-0.3, -0.25) is 14.4 Å². The average Bonchev–Trinajstić information content (AvgIpc) is 3.30. The van der Waals surface area contributed by atoms with Crippen molar-refractivity contribution >= 4 is 23.4 Å². The van der Waals surface area contributed by atoms with Gasteiger partial charge in [-0.25, -0.2) is 0 Å². The first-order chi connectivity index (χ1) is 19.9. The summed E-state index contributed by atoms with van der Waals surface area (Å²) < 4.78 is 12.4. The van der Waals surface area contributed by atoms with Gasteiger partial charge in [0.15, 0.2) is 5.78 Å². The number of aromatic nitrogens is 1. The molecule has 3 rings (SSSR count). The van der Waals surface area contributed by atoms with E-state index in [2.05, 4.69) is 16.8 Å². The van der Waals surface area contributed by atoms with Crippen molar-refractivity contribution in [3.8, 4) is 0 Å². The Bertz CT molecular complexity index is 1270. The molecule has 2 aromatic carbocycles. The van der Waals surface area contributed by atoms with Crippen molar-refractivity contribution in [2.24, 2.45) is 7.05 Å². The van der Waals surface area contributed by atoms with E-state index < -0.39 is 0 Å². The van der Waals surface area contributed by atoms with Gasteiger partial charge in [0.25, 0.3) is 0 Å². The van der Waals surface area contributed by atoms with Crippen molar-refractivity contribution in [3.63, 3.8) is 0 Å². The number of rotatable bonds is 18. The van der Waals surface area contributed by atoms with Crippen molar-refractivity contribution in [3.05, 3.63) is 88.7 Å². The second-order valence-electron chi connectivity index (χ2n) is 10.2. The van der Waals surface area contributed by atoms with Crippen molar-refractivity contribution < 1.29 is 23.9 Å². The highest BCUT2D eigenvalue weighted by atomic mass is 16.5. The number of benzene rings is 2. The Morgan fingerprint density at radius 2 is 1.54 bits per heavy atom. The fourth-order valence-electron chi connectivity index (χ4n) is 4.93. The van der Waals surface area contributed by atoms with Crippen LogP contribution < -0.4 is 5.32 Å². The molecule has 0 saturated carbocycles. The molecule has 0 aliphatic carbocycles. The fourth-order valence-corrected chi connectivity index (χ4v) is 4.93. The van der Waals surface area contributed by atoms with Crippen LogP contribution in [0.1, 0.15) is 91.7 Å². The van der Waals surface area contributed by atoms with Crippen molar-refractivity contribution in [1.82, 2.24) is 4.57 Å². The minimum Gasteiger partial charge on any atom is -0.466 e. The van der Waals surface area contributed by atoms with Crippen LogP contribution in [0.25, 0.3) is 0 Å². The zero-order chi connectivity index (χ0) is 29.5. The van der Waals surface area contributed by atoms with Gasteiger partial charge in [-0.2, -0.15) is 0 Å². The molecule has 0 atom stereocenters. The van der Waals surface area contributed by atoms with Crippen LogP contribution in [-0.4, -0.2) is 35.4 Å². The molecular weight excluding hydrogens is 516 g/mol. The maximum absolute atomic E-state index is 13.5. The number of nitrogens with zero attached hydrogens (tertiary/aromatic N) is 1. The third-order valence-corrected chi connectivity index (χ3v) is 7.16. The smallest absolute Gasteiger partial charge is 0.306 e. The Morgan fingerprint density at radius 3 is 2.29 bits per heavy atom. The normalized spacial score (nSPS) is 10.8. The number of carbonyl (C=O) groups excluding carboxylic acids is 3. The van der Waals surface area contributed by atoms with E-state index in [-0.39, 0.29) is 17.7 Å².